The molecular formula is C18H32N2O2S. The lowest BCUT2D eigenvalue weighted by Gasteiger charge is -2.34. The summed E-state index contributed by atoms with van der Waals surface area (Å²) in [6.07, 6.45) is 7.44. The number of nitrogens with one attached hydrogen (secondary N) is 1. The Hall–Kier alpha value is -0.710. The molecule has 1 saturated carbocycles. The maximum absolute atomic E-state index is 13.1. The van der Waals surface area contributed by atoms with Gasteiger partial charge in [-0.15, -0.1) is 11.8 Å². The lowest BCUT2D eigenvalue weighted by atomic mass is 9.87. The molecule has 0 spiro atoms. The summed E-state index contributed by atoms with van der Waals surface area (Å²) in [5.41, 5.74) is 0. The van der Waals surface area contributed by atoms with Crippen LogP contribution < -0.4 is 5.32 Å². The van der Waals surface area contributed by atoms with Crippen LogP contribution in [-0.2, 0) is 9.59 Å². The fourth-order valence-electron chi connectivity index (χ4n) is 3.57. The van der Waals surface area contributed by atoms with Crippen LogP contribution in [0.2, 0.25) is 0 Å². The topological polar surface area (TPSA) is 49.4 Å². The molecule has 4 nitrogen and oxygen atoms in total. The molecule has 1 N–H and O–H groups in total. The van der Waals surface area contributed by atoms with Gasteiger partial charge in [0.05, 0.1) is 5.37 Å². The van der Waals surface area contributed by atoms with Gasteiger partial charge >= 0.3 is 0 Å². The zero-order valence-electron chi connectivity index (χ0n) is 14.8. The van der Waals surface area contributed by atoms with Gasteiger partial charge in [0.15, 0.2) is 0 Å². The van der Waals surface area contributed by atoms with E-state index in [0.29, 0.717) is 12.5 Å². The van der Waals surface area contributed by atoms with Crippen molar-refractivity contribution in [3.8, 4) is 0 Å². The summed E-state index contributed by atoms with van der Waals surface area (Å²) in [7, 11) is 0. The standard InChI is InChI=1S/C18H32N2O2S/c1-4-10-19-17(21)15-12-23-16(11-13(2)3)20(15)18(22)14-8-6-5-7-9-14/h13-16H,4-12H2,1-3H3,(H,19,21). The third-order valence-electron chi connectivity index (χ3n) is 4.83. The number of nitrogens with zero attached hydrogens (tertiary/aromatic N) is 1. The van der Waals surface area contributed by atoms with Crippen molar-refractivity contribution in [3.63, 3.8) is 0 Å². The van der Waals surface area contributed by atoms with Crippen molar-refractivity contribution in [2.75, 3.05) is 12.3 Å². The number of carbonyl (C=O) groups is 2. The van der Waals surface area contributed by atoms with Crippen LogP contribution in [0.15, 0.2) is 0 Å². The van der Waals surface area contributed by atoms with Crippen LogP contribution in [0.1, 0.15) is 65.7 Å². The Morgan fingerprint density at radius 3 is 2.52 bits per heavy atom. The predicted octanol–water partition coefficient (Wildman–Crippen LogP) is 3.41. The van der Waals surface area contributed by atoms with E-state index in [9.17, 15) is 9.59 Å². The maximum atomic E-state index is 13.1. The number of hydrogen-bond acceptors (Lipinski definition) is 3. The molecule has 2 aliphatic rings. The summed E-state index contributed by atoms with van der Waals surface area (Å²) in [4.78, 5) is 27.6. The molecule has 23 heavy (non-hydrogen) atoms. The normalized spacial score (nSPS) is 25.8. The Balaban J connectivity index is 2.10. The van der Waals surface area contributed by atoms with Gasteiger partial charge in [-0.05, 0) is 31.6 Å². The second kappa shape index (κ2) is 8.95. The highest BCUT2D eigenvalue weighted by Gasteiger charge is 2.43. The minimum absolute atomic E-state index is 0.0368. The minimum Gasteiger partial charge on any atom is -0.354 e. The molecule has 1 aliphatic heterocycles. The van der Waals surface area contributed by atoms with E-state index in [4.69, 9.17) is 0 Å². The Morgan fingerprint density at radius 1 is 1.22 bits per heavy atom. The van der Waals surface area contributed by atoms with Gasteiger partial charge < -0.3 is 10.2 Å². The fourth-order valence-corrected chi connectivity index (χ4v) is 5.22. The number of carbonyl (C=O) groups excluding carboxylic acids is 2. The number of amides is 2. The van der Waals surface area contributed by atoms with Crippen LogP contribution in [0.4, 0.5) is 0 Å². The molecule has 1 saturated heterocycles. The second-order valence-electron chi connectivity index (χ2n) is 7.30. The van der Waals surface area contributed by atoms with Crippen LogP contribution in [-0.4, -0.2) is 40.4 Å². The molecule has 1 heterocycles. The molecule has 0 aromatic rings. The largest absolute Gasteiger partial charge is 0.354 e. The van der Waals surface area contributed by atoms with E-state index in [0.717, 1.165) is 44.3 Å². The highest BCUT2D eigenvalue weighted by Crippen LogP contribution is 2.37. The molecule has 2 rings (SSSR count). The van der Waals surface area contributed by atoms with Crippen molar-refractivity contribution in [2.45, 2.75) is 77.1 Å². The molecule has 2 unspecified atom stereocenters. The van der Waals surface area contributed by atoms with Crippen LogP contribution in [0, 0.1) is 11.8 Å². The van der Waals surface area contributed by atoms with E-state index in [2.05, 4.69) is 26.1 Å². The molecule has 0 aromatic heterocycles. The molecule has 2 atom stereocenters. The van der Waals surface area contributed by atoms with E-state index in [1.165, 1.54) is 6.42 Å². The Bertz CT molecular complexity index is 408. The quantitative estimate of drug-likeness (QED) is 0.806. The average Bonchev–Trinajstić information content (AvgIpc) is 2.95. The number of thioether (sulfide) groups is 1. The van der Waals surface area contributed by atoms with Gasteiger partial charge in [0, 0.05) is 18.2 Å². The molecule has 0 aromatic carbocycles. The highest BCUT2D eigenvalue weighted by atomic mass is 32.2. The Kier molecular flexibility index (Phi) is 7.25. The van der Waals surface area contributed by atoms with Gasteiger partial charge in [0.2, 0.25) is 11.8 Å². The third-order valence-corrected chi connectivity index (χ3v) is 6.14. The zero-order chi connectivity index (χ0) is 16.8. The summed E-state index contributed by atoms with van der Waals surface area (Å²) >= 11 is 1.79. The first-order chi connectivity index (χ1) is 11.0. The third kappa shape index (κ3) is 4.88. The van der Waals surface area contributed by atoms with Crippen molar-refractivity contribution in [2.24, 2.45) is 11.8 Å². The van der Waals surface area contributed by atoms with Crippen molar-refractivity contribution < 1.29 is 9.59 Å². The average molecular weight is 341 g/mol. The van der Waals surface area contributed by atoms with Crippen LogP contribution in [0.25, 0.3) is 0 Å². The smallest absolute Gasteiger partial charge is 0.243 e. The second-order valence-corrected chi connectivity index (χ2v) is 8.52. The molecule has 0 radical (unpaired) electrons. The summed E-state index contributed by atoms with van der Waals surface area (Å²) in [5, 5.41) is 3.16. The molecule has 5 heteroatoms. The molecule has 0 bridgehead atoms. The van der Waals surface area contributed by atoms with Crippen LogP contribution >= 0.6 is 11.8 Å². The van der Waals surface area contributed by atoms with Crippen LogP contribution in [0.3, 0.4) is 0 Å². The van der Waals surface area contributed by atoms with E-state index in [1.807, 2.05) is 4.90 Å². The molecule has 1 aliphatic carbocycles. The zero-order valence-corrected chi connectivity index (χ0v) is 15.7. The van der Waals surface area contributed by atoms with Crippen molar-refractivity contribution in [1.29, 1.82) is 0 Å². The molecule has 2 amide bonds. The maximum Gasteiger partial charge on any atom is 0.243 e. The van der Waals surface area contributed by atoms with Crippen LogP contribution in [0.5, 0.6) is 0 Å². The monoisotopic (exact) mass is 340 g/mol. The lowest BCUT2D eigenvalue weighted by molar-refractivity contribution is -0.144. The van der Waals surface area contributed by atoms with Gasteiger partial charge in [-0.1, -0.05) is 40.0 Å². The summed E-state index contributed by atoms with van der Waals surface area (Å²) in [6.45, 7) is 7.12. The number of hydrogen-bond donors (Lipinski definition) is 1. The van der Waals surface area contributed by atoms with E-state index in [1.54, 1.807) is 11.8 Å². The fraction of sp³-hybridized carbons (Fsp3) is 0.889. The number of rotatable bonds is 6. The Morgan fingerprint density at radius 2 is 1.91 bits per heavy atom. The first kappa shape index (κ1) is 18.6. The molecular weight excluding hydrogens is 308 g/mol. The predicted molar refractivity (Wildman–Crippen MR) is 96.2 cm³/mol. The Labute approximate surface area is 145 Å². The summed E-state index contributed by atoms with van der Waals surface area (Å²) in [6, 6.07) is -0.273. The van der Waals surface area contributed by atoms with Gasteiger partial charge in [-0.2, -0.15) is 0 Å². The summed E-state index contributed by atoms with van der Waals surface area (Å²) in [5.74, 6) is 1.68. The van der Waals surface area contributed by atoms with Crippen molar-refractivity contribution in [3.05, 3.63) is 0 Å². The highest BCUT2D eigenvalue weighted by molar-refractivity contribution is 8.00. The van der Waals surface area contributed by atoms with Gasteiger partial charge in [0.25, 0.3) is 0 Å². The lowest BCUT2D eigenvalue weighted by Crippen LogP contribution is -2.52. The van der Waals surface area contributed by atoms with E-state index >= 15 is 0 Å². The van der Waals surface area contributed by atoms with Crippen molar-refractivity contribution in [1.82, 2.24) is 10.2 Å². The van der Waals surface area contributed by atoms with Gasteiger partial charge in [0.1, 0.15) is 6.04 Å². The van der Waals surface area contributed by atoms with Gasteiger partial charge in [-0.25, -0.2) is 0 Å². The molecule has 132 valence electrons. The van der Waals surface area contributed by atoms with E-state index < -0.39 is 0 Å². The van der Waals surface area contributed by atoms with Gasteiger partial charge in [-0.3, -0.25) is 9.59 Å². The van der Waals surface area contributed by atoms with Crippen molar-refractivity contribution >= 4 is 23.6 Å². The summed E-state index contributed by atoms with van der Waals surface area (Å²) < 4.78 is 0. The minimum atomic E-state index is -0.273. The first-order valence-electron chi connectivity index (χ1n) is 9.26. The first-order valence-corrected chi connectivity index (χ1v) is 10.3. The SMILES string of the molecule is CCCNC(=O)C1CSC(CC(C)C)N1C(=O)C1CCCCC1. The van der Waals surface area contributed by atoms with E-state index in [-0.39, 0.29) is 29.1 Å². The molecule has 2 fully saturated rings.